The van der Waals surface area contributed by atoms with Gasteiger partial charge in [0.15, 0.2) is 6.19 Å². The SMILES string of the molecule is N#Cc1cccc(-c2ccn3c(C(=O)N[C@@H]4CCN(C#N)C4)cnc3c2)c1. The van der Waals surface area contributed by atoms with Gasteiger partial charge in [-0.25, -0.2) is 4.98 Å². The van der Waals surface area contributed by atoms with E-state index in [1.165, 1.54) is 0 Å². The quantitative estimate of drug-likeness (QED) is 0.725. The van der Waals surface area contributed by atoms with Gasteiger partial charge in [0, 0.05) is 25.3 Å². The molecule has 1 aromatic carbocycles. The smallest absolute Gasteiger partial charge is 0.270 e. The monoisotopic (exact) mass is 356 g/mol. The van der Waals surface area contributed by atoms with Crippen LogP contribution in [0.15, 0.2) is 48.8 Å². The van der Waals surface area contributed by atoms with Crippen molar-refractivity contribution in [2.75, 3.05) is 13.1 Å². The van der Waals surface area contributed by atoms with Crippen molar-refractivity contribution >= 4 is 11.6 Å². The van der Waals surface area contributed by atoms with Crippen LogP contribution in [0, 0.1) is 22.8 Å². The van der Waals surface area contributed by atoms with Crippen molar-refractivity contribution in [3.63, 3.8) is 0 Å². The van der Waals surface area contributed by atoms with Crippen molar-refractivity contribution < 1.29 is 4.79 Å². The average molecular weight is 356 g/mol. The number of nitrogens with one attached hydrogen (secondary N) is 1. The molecule has 2 aromatic heterocycles. The third-order valence-corrected chi connectivity index (χ3v) is 4.74. The summed E-state index contributed by atoms with van der Waals surface area (Å²) in [4.78, 5) is 18.6. The van der Waals surface area contributed by atoms with Gasteiger partial charge in [-0.2, -0.15) is 10.5 Å². The van der Waals surface area contributed by atoms with E-state index in [1.807, 2.05) is 36.5 Å². The molecule has 1 atom stereocenters. The lowest BCUT2D eigenvalue weighted by molar-refractivity contribution is 0.0933. The molecule has 7 nitrogen and oxygen atoms in total. The average Bonchev–Trinajstić information content (AvgIpc) is 3.34. The minimum absolute atomic E-state index is 0.0318. The molecule has 1 aliphatic heterocycles. The Morgan fingerprint density at radius 2 is 2.07 bits per heavy atom. The van der Waals surface area contributed by atoms with Crippen molar-refractivity contribution in [1.29, 1.82) is 10.5 Å². The Bertz CT molecular complexity index is 1100. The fraction of sp³-hybridized carbons (Fsp3) is 0.200. The third kappa shape index (κ3) is 3.19. The van der Waals surface area contributed by atoms with Gasteiger partial charge in [-0.15, -0.1) is 0 Å². The number of hydrogen-bond donors (Lipinski definition) is 1. The van der Waals surface area contributed by atoms with Gasteiger partial charge in [-0.05, 0) is 41.8 Å². The Kier molecular flexibility index (Phi) is 4.19. The zero-order chi connectivity index (χ0) is 18.8. The number of hydrogen-bond acceptors (Lipinski definition) is 5. The highest BCUT2D eigenvalue weighted by Crippen LogP contribution is 2.22. The Balaban J connectivity index is 1.58. The van der Waals surface area contributed by atoms with Gasteiger partial charge in [0.05, 0.1) is 17.8 Å². The summed E-state index contributed by atoms with van der Waals surface area (Å²) < 4.78 is 1.74. The second-order valence-corrected chi connectivity index (χ2v) is 6.48. The fourth-order valence-corrected chi connectivity index (χ4v) is 3.32. The molecule has 0 aliphatic carbocycles. The van der Waals surface area contributed by atoms with Crippen LogP contribution in [-0.2, 0) is 0 Å². The first-order chi connectivity index (χ1) is 13.2. The predicted octanol–water partition coefficient (Wildman–Crippen LogP) is 2.16. The summed E-state index contributed by atoms with van der Waals surface area (Å²) in [6, 6.07) is 13.3. The van der Waals surface area contributed by atoms with Gasteiger partial charge in [0.1, 0.15) is 11.3 Å². The number of carbonyl (C=O) groups is 1. The van der Waals surface area contributed by atoms with E-state index in [0.717, 1.165) is 17.5 Å². The summed E-state index contributed by atoms with van der Waals surface area (Å²) >= 11 is 0. The molecule has 4 rings (SSSR count). The number of carbonyl (C=O) groups excluding carboxylic acids is 1. The number of nitriles is 2. The van der Waals surface area contributed by atoms with E-state index in [1.54, 1.807) is 21.6 Å². The molecule has 3 aromatic rings. The number of rotatable bonds is 3. The van der Waals surface area contributed by atoms with E-state index in [9.17, 15) is 4.79 Å². The third-order valence-electron chi connectivity index (χ3n) is 4.74. The van der Waals surface area contributed by atoms with Crippen molar-refractivity contribution in [2.24, 2.45) is 0 Å². The minimum Gasteiger partial charge on any atom is -0.346 e. The lowest BCUT2D eigenvalue weighted by Crippen LogP contribution is -2.36. The number of amides is 1. The molecule has 132 valence electrons. The number of aromatic nitrogens is 2. The highest BCUT2D eigenvalue weighted by Gasteiger charge is 2.24. The molecule has 1 fully saturated rings. The minimum atomic E-state index is -0.202. The number of fused-ring (bicyclic) bond motifs is 1. The van der Waals surface area contributed by atoms with E-state index in [2.05, 4.69) is 22.6 Å². The van der Waals surface area contributed by atoms with Crippen LogP contribution in [0.3, 0.4) is 0 Å². The summed E-state index contributed by atoms with van der Waals surface area (Å²) in [5.74, 6) is -0.202. The van der Waals surface area contributed by atoms with Crippen molar-refractivity contribution in [1.82, 2.24) is 19.6 Å². The molecule has 0 spiro atoms. The molecule has 0 saturated carbocycles. The topological polar surface area (TPSA) is 97.2 Å². The summed E-state index contributed by atoms with van der Waals surface area (Å²) in [7, 11) is 0. The van der Waals surface area contributed by atoms with Crippen LogP contribution < -0.4 is 5.32 Å². The van der Waals surface area contributed by atoms with Crippen molar-refractivity contribution in [2.45, 2.75) is 12.5 Å². The van der Waals surface area contributed by atoms with E-state index < -0.39 is 0 Å². The standard InChI is InChI=1S/C20H16N6O/c21-10-14-2-1-3-15(8-14)16-4-7-26-18(11-23-19(26)9-16)20(27)24-17-5-6-25(12-17)13-22/h1-4,7-9,11,17H,5-6,12H2,(H,24,27)/t17-/m1/s1. The Labute approximate surface area is 156 Å². The molecule has 1 aliphatic rings. The van der Waals surface area contributed by atoms with Crippen LogP contribution in [0.4, 0.5) is 0 Å². The van der Waals surface area contributed by atoms with Crippen molar-refractivity contribution in [3.05, 3.63) is 60.0 Å². The summed E-state index contributed by atoms with van der Waals surface area (Å²) in [5.41, 5.74) is 3.56. The molecule has 1 amide bonds. The zero-order valence-corrected chi connectivity index (χ0v) is 14.5. The van der Waals surface area contributed by atoms with Gasteiger partial charge in [0.25, 0.3) is 5.91 Å². The van der Waals surface area contributed by atoms with Crippen LogP contribution in [-0.4, -0.2) is 39.3 Å². The Morgan fingerprint density at radius 1 is 1.22 bits per heavy atom. The lowest BCUT2D eigenvalue weighted by Gasteiger charge is -2.12. The summed E-state index contributed by atoms with van der Waals surface area (Å²) in [6.07, 6.45) is 6.23. The molecule has 0 radical (unpaired) electrons. The number of imidazole rings is 1. The van der Waals surface area contributed by atoms with Crippen LogP contribution in [0.2, 0.25) is 0 Å². The number of benzene rings is 1. The van der Waals surface area contributed by atoms with Gasteiger partial charge in [0.2, 0.25) is 0 Å². The van der Waals surface area contributed by atoms with Crippen LogP contribution in [0.5, 0.6) is 0 Å². The highest BCUT2D eigenvalue weighted by molar-refractivity contribution is 5.93. The van der Waals surface area contributed by atoms with Crippen LogP contribution in [0.25, 0.3) is 16.8 Å². The number of likely N-dealkylation sites (tertiary alicyclic amines) is 1. The number of nitrogens with zero attached hydrogens (tertiary/aromatic N) is 5. The summed E-state index contributed by atoms with van der Waals surface area (Å²) in [5, 5.41) is 21.0. The first kappa shape index (κ1) is 16.6. The molecule has 27 heavy (non-hydrogen) atoms. The Hall–Kier alpha value is -3.84. The van der Waals surface area contributed by atoms with Crippen LogP contribution in [0.1, 0.15) is 22.5 Å². The Morgan fingerprint density at radius 3 is 2.85 bits per heavy atom. The second kappa shape index (κ2) is 6.81. The lowest BCUT2D eigenvalue weighted by atomic mass is 10.0. The molecule has 1 saturated heterocycles. The van der Waals surface area contributed by atoms with Crippen LogP contribution >= 0.6 is 0 Å². The maximum atomic E-state index is 12.6. The van der Waals surface area contributed by atoms with E-state index in [4.69, 9.17) is 10.5 Å². The van der Waals surface area contributed by atoms with E-state index in [-0.39, 0.29) is 11.9 Å². The normalized spacial score (nSPS) is 16.1. The van der Waals surface area contributed by atoms with Crippen molar-refractivity contribution in [3.8, 4) is 23.4 Å². The van der Waals surface area contributed by atoms with Gasteiger partial charge in [-0.3, -0.25) is 9.20 Å². The largest absolute Gasteiger partial charge is 0.346 e. The molecular weight excluding hydrogens is 340 g/mol. The molecule has 7 heteroatoms. The van der Waals surface area contributed by atoms with Gasteiger partial charge < -0.3 is 10.2 Å². The predicted molar refractivity (Wildman–Crippen MR) is 98.4 cm³/mol. The number of pyridine rings is 1. The molecule has 0 unspecified atom stereocenters. The maximum Gasteiger partial charge on any atom is 0.270 e. The molecule has 0 bridgehead atoms. The zero-order valence-electron chi connectivity index (χ0n) is 14.5. The fourth-order valence-electron chi connectivity index (χ4n) is 3.32. The van der Waals surface area contributed by atoms with Gasteiger partial charge in [-0.1, -0.05) is 12.1 Å². The second-order valence-electron chi connectivity index (χ2n) is 6.48. The first-order valence-corrected chi connectivity index (χ1v) is 8.61. The van der Waals surface area contributed by atoms with Gasteiger partial charge >= 0.3 is 0 Å². The molecule has 1 N–H and O–H groups in total. The van der Waals surface area contributed by atoms with E-state index >= 15 is 0 Å². The maximum absolute atomic E-state index is 12.6. The van der Waals surface area contributed by atoms with E-state index in [0.29, 0.717) is 30.0 Å². The highest BCUT2D eigenvalue weighted by atomic mass is 16.2. The molecular formula is C20H16N6O. The summed E-state index contributed by atoms with van der Waals surface area (Å²) in [6.45, 7) is 1.21. The molecule has 3 heterocycles. The first-order valence-electron chi connectivity index (χ1n) is 8.61.